The molecular formula is C18H34N5O+. The number of anilines is 1. The molecule has 6 heteroatoms. The summed E-state index contributed by atoms with van der Waals surface area (Å²) in [5.74, 6) is 1.27. The van der Waals surface area contributed by atoms with E-state index in [4.69, 9.17) is 10.5 Å². The molecule has 0 spiro atoms. The number of nitrogen functional groups attached to an aromatic ring is 1. The molecule has 0 aromatic carbocycles. The molecule has 0 amide bonds. The lowest BCUT2D eigenvalue weighted by molar-refractivity contribution is -0.893. The summed E-state index contributed by atoms with van der Waals surface area (Å²) in [5.41, 5.74) is 8.18. The Morgan fingerprint density at radius 1 is 1.25 bits per heavy atom. The molecule has 136 valence electrons. The average Bonchev–Trinajstić information content (AvgIpc) is 3.10. The van der Waals surface area contributed by atoms with Crippen LogP contribution in [0, 0.1) is 5.92 Å². The van der Waals surface area contributed by atoms with Gasteiger partial charge in [-0.2, -0.15) is 0 Å². The van der Waals surface area contributed by atoms with Crippen LogP contribution < -0.4 is 10.5 Å². The van der Waals surface area contributed by atoms with Gasteiger partial charge in [0.15, 0.2) is 0 Å². The SMILES string of the molecule is CC1CCc2c(N)c(OCCN3CCC([N+](C)(C)C)C3)nn2C1C. The fourth-order valence-corrected chi connectivity index (χ4v) is 3.92. The lowest BCUT2D eigenvalue weighted by Crippen LogP contribution is -2.46. The first-order valence-electron chi connectivity index (χ1n) is 9.30. The third-order valence-corrected chi connectivity index (χ3v) is 6.05. The number of hydrogen-bond acceptors (Lipinski definition) is 4. The molecule has 0 bridgehead atoms. The van der Waals surface area contributed by atoms with Crippen LogP contribution in [0.15, 0.2) is 0 Å². The highest BCUT2D eigenvalue weighted by Gasteiger charge is 2.32. The third-order valence-electron chi connectivity index (χ3n) is 6.05. The second kappa shape index (κ2) is 6.56. The summed E-state index contributed by atoms with van der Waals surface area (Å²) in [4.78, 5) is 2.49. The maximum atomic E-state index is 6.28. The van der Waals surface area contributed by atoms with Gasteiger partial charge in [0.05, 0.1) is 39.4 Å². The number of nitrogens with zero attached hydrogens (tertiary/aromatic N) is 4. The topological polar surface area (TPSA) is 56.3 Å². The second-order valence-corrected chi connectivity index (χ2v) is 8.57. The summed E-state index contributed by atoms with van der Waals surface area (Å²) in [6.07, 6.45) is 3.45. The minimum Gasteiger partial charge on any atom is -0.474 e. The normalized spacial score (nSPS) is 28.1. The molecule has 6 nitrogen and oxygen atoms in total. The van der Waals surface area contributed by atoms with Gasteiger partial charge in [-0.25, -0.2) is 0 Å². The van der Waals surface area contributed by atoms with E-state index in [1.54, 1.807) is 0 Å². The van der Waals surface area contributed by atoms with Gasteiger partial charge in [-0.05, 0) is 25.7 Å². The molecule has 0 radical (unpaired) electrons. The summed E-state index contributed by atoms with van der Waals surface area (Å²) in [7, 11) is 6.84. The van der Waals surface area contributed by atoms with E-state index >= 15 is 0 Å². The summed E-state index contributed by atoms with van der Waals surface area (Å²) in [6.45, 7) is 8.42. The highest BCUT2D eigenvalue weighted by Crippen LogP contribution is 2.36. The van der Waals surface area contributed by atoms with Crippen LogP contribution in [0.2, 0.25) is 0 Å². The number of fused-ring (bicyclic) bond motifs is 1. The van der Waals surface area contributed by atoms with Gasteiger partial charge in [-0.3, -0.25) is 9.58 Å². The number of likely N-dealkylation sites (N-methyl/N-ethyl adjacent to an activating group) is 1. The minimum atomic E-state index is 0.400. The van der Waals surface area contributed by atoms with Crippen molar-refractivity contribution in [3.05, 3.63) is 5.69 Å². The Bertz CT molecular complexity index is 577. The molecule has 0 aliphatic carbocycles. The number of rotatable bonds is 5. The number of nitrogens with two attached hydrogens (primary N) is 1. The molecule has 24 heavy (non-hydrogen) atoms. The van der Waals surface area contributed by atoms with E-state index in [9.17, 15) is 0 Å². The predicted octanol–water partition coefficient (Wildman–Crippen LogP) is 1.77. The molecule has 2 N–H and O–H groups in total. The molecular weight excluding hydrogens is 302 g/mol. The van der Waals surface area contributed by atoms with Gasteiger partial charge in [-0.1, -0.05) is 6.92 Å². The van der Waals surface area contributed by atoms with E-state index in [1.165, 1.54) is 12.8 Å². The molecule has 2 aliphatic heterocycles. The van der Waals surface area contributed by atoms with Gasteiger partial charge in [0, 0.05) is 19.5 Å². The smallest absolute Gasteiger partial charge is 0.256 e. The van der Waals surface area contributed by atoms with E-state index in [0.717, 1.165) is 48.0 Å². The van der Waals surface area contributed by atoms with Crippen LogP contribution >= 0.6 is 0 Å². The predicted molar refractivity (Wildman–Crippen MR) is 97.2 cm³/mol. The molecule has 3 unspecified atom stereocenters. The van der Waals surface area contributed by atoms with Crippen molar-refractivity contribution in [2.45, 2.75) is 45.2 Å². The Labute approximate surface area is 146 Å². The Kier molecular flexibility index (Phi) is 4.80. The van der Waals surface area contributed by atoms with E-state index in [1.807, 2.05) is 0 Å². The van der Waals surface area contributed by atoms with Gasteiger partial charge in [0.2, 0.25) is 0 Å². The minimum absolute atomic E-state index is 0.400. The number of quaternary nitrogens is 1. The van der Waals surface area contributed by atoms with Crippen molar-refractivity contribution in [3.63, 3.8) is 0 Å². The third kappa shape index (κ3) is 3.40. The molecule has 1 saturated heterocycles. The zero-order chi connectivity index (χ0) is 17.5. The largest absolute Gasteiger partial charge is 0.474 e. The Hall–Kier alpha value is -1.27. The highest BCUT2D eigenvalue weighted by atomic mass is 16.5. The number of ether oxygens (including phenoxy) is 1. The standard InChI is InChI=1S/C18H34N5O/c1-13-6-7-16-17(19)18(20-22(16)14(13)2)24-11-10-21-9-8-15(12-21)23(3,4)5/h13-15H,6-12,19H2,1-5H3/q+1. The molecule has 3 atom stereocenters. The van der Waals surface area contributed by atoms with Crippen LogP contribution in [-0.2, 0) is 6.42 Å². The zero-order valence-corrected chi connectivity index (χ0v) is 16.0. The molecule has 1 fully saturated rings. The van der Waals surface area contributed by atoms with Gasteiger partial charge in [0.1, 0.15) is 18.3 Å². The Morgan fingerprint density at radius 2 is 2.00 bits per heavy atom. The monoisotopic (exact) mass is 336 g/mol. The summed E-state index contributed by atoms with van der Waals surface area (Å²) < 4.78 is 9.07. The first-order chi connectivity index (χ1) is 11.3. The van der Waals surface area contributed by atoms with Crippen molar-refractivity contribution in [1.29, 1.82) is 0 Å². The van der Waals surface area contributed by atoms with Crippen LogP contribution in [0.25, 0.3) is 0 Å². The molecule has 3 heterocycles. The van der Waals surface area contributed by atoms with Gasteiger partial charge in [0.25, 0.3) is 5.88 Å². The second-order valence-electron chi connectivity index (χ2n) is 8.57. The number of hydrogen-bond donors (Lipinski definition) is 1. The first kappa shape index (κ1) is 17.5. The maximum absolute atomic E-state index is 6.28. The van der Waals surface area contributed by atoms with Crippen molar-refractivity contribution in [3.8, 4) is 5.88 Å². The fraction of sp³-hybridized carbons (Fsp3) is 0.833. The van der Waals surface area contributed by atoms with Crippen molar-refractivity contribution in [2.24, 2.45) is 5.92 Å². The molecule has 1 aromatic heterocycles. The molecule has 3 rings (SSSR count). The van der Waals surface area contributed by atoms with Crippen LogP contribution in [-0.4, -0.2) is 72.6 Å². The van der Waals surface area contributed by atoms with Crippen molar-refractivity contribution < 1.29 is 9.22 Å². The van der Waals surface area contributed by atoms with Crippen molar-refractivity contribution in [2.75, 3.05) is 53.1 Å². The lowest BCUT2D eigenvalue weighted by Gasteiger charge is -2.31. The quantitative estimate of drug-likeness (QED) is 0.833. The zero-order valence-electron chi connectivity index (χ0n) is 16.0. The van der Waals surface area contributed by atoms with Gasteiger partial charge in [-0.15, -0.1) is 5.10 Å². The van der Waals surface area contributed by atoms with Gasteiger partial charge < -0.3 is 15.0 Å². The summed E-state index contributed by atoms with van der Waals surface area (Å²) in [5, 5.41) is 4.65. The molecule has 2 aliphatic rings. The van der Waals surface area contributed by atoms with Crippen LogP contribution in [0.3, 0.4) is 0 Å². The molecule has 1 aromatic rings. The van der Waals surface area contributed by atoms with Gasteiger partial charge >= 0.3 is 0 Å². The van der Waals surface area contributed by atoms with Crippen LogP contribution in [0.1, 0.15) is 38.4 Å². The fourth-order valence-electron chi connectivity index (χ4n) is 3.92. The van der Waals surface area contributed by atoms with E-state index < -0.39 is 0 Å². The van der Waals surface area contributed by atoms with Crippen LogP contribution in [0.4, 0.5) is 5.69 Å². The Morgan fingerprint density at radius 3 is 2.67 bits per heavy atom. The lowest BCUT2D eigenvalue weighted by atomic mass is 9.93. The highest BCUT2D eigenvalue weighted by molar-refractivity contribution is 5.53. The summed E-state index contributed by atoms with van der Waals surface area (Å²) >= 11 is 0. The number of aromatic nitrogens is 2. The van der Waals surface area contributed by atoms with E-state index in [2.05, 4.69) is 49.7 Å². The first-order valence-corrected chi connectivity index (χ1v) is 9.30. The van der Waals surface area contributed by atoms with Crippen molar-refractivity contribution >= 4 is 5.69 Å². The van der Waals surface area contributed by atoms with Crippen LogP contribution in [0.5, 0.6) is 5.88 Å². The maximum Gasteiger partial charge on any atom is 0.256 e. The summed E-state index contributed by atoms with van der Waals surface area (Å²) in [6, 6.07) is 1.12. The van der Waals surface area contributed by atoms with Crippen molar-refractivity contribution in [1.82, 2.24) is 14.7 Å². The van der Waals surface area contributed by atoms with E-state index in [0.29, 0.717) is 24.4 Å². The molecule has 0 saturated carbocycles. The Balaban J connectivity index is 1.54. The van der Waals surface area contributed by atoms with E-state index in [-0.39, 0.29) is 0 Å². The average molecular weight is 337 g/mol. The number of likely N-dealkylation sites (tertiary alicyclic amines) is 1.